The molecule has 2 heterocycles. The molecule has 3 atom stereocenters. The van der Waals surface area contributed by atoms with Gasteiger partial charge in [-0.1, -0.05) is 80.1 Å². The topological polar surface area (TPSA) is 105 Å². The van der Waals surface area contributed by atoms with Crippen molar-refractivity contribution >= 4 is 23.9 Å². The number of unbranched alkanes of at least 4 members (excludes halogenated alkanes) is 3. The molecule has 7 nitrogen and oxygen atoms in total. The number of nitrogens with zero attached hydrogens (tertiary/aromatic N) is 1. The molecular formula is C21H42N2O5Sn. The molecule has 1 fully saturated rings. The van der Waals surface area contributed by atoms with Gasteiger partial charge < -0.3 is 14.9 Å². The Bertz CT molecular complexity index is 561. The molecule has 0 spiro atoms. The maximum Gasteiger partial charge on any atom is 0.330 e. The average Bonchev–Trinajstić information content (AvgIpc) is 3.08. The van der Waals surface area contributed by atoms with E-state index in [1.54, 1.807) is 0 Å². The van der Waals surface area contributed by atoms with Crippen LogP contribution in [0, 0.1) is 0 Å². The van der Waals surface area contributed by atoms with Crippen molar-refractivity contribution in [2.75, 3.05) is 6.61 Å². The summed E-state index contributed by atoms with van der Waals surface area (Å²) in [7, 11) is 0. The van der Waals surface area contributed by atoms with Crippen molar-refractivity contribution < 1.29 is 14.9 Å². The Kier molecular flexibility index (Phi) is 25.1. The number of hydrogen-bond acceptors (Lipinski definition) is 5. The van der Waals surface area contributed by atoms with Crippen LogP contribution in [0.3, 0.4) is 0 Å². The number of rotatable bonds is 5. The summed E-state index contributed by atoms with van der Waals surface area (Å²) in [5.41, 5.74) is -1.08. The zero-order valence-corrected chi connectivity index (χ0v) is 22.0. The third-order valence-corrected chi connectivity index (χ3v) is 4.05. The van der Waals surface area contributed by atoms with Gasteiger partial charge in [-0.25, -0.2) is 4.79 Å². The van der Waals surface area contributed by atoms with Crippen LogP contribution in [0.2, 0.25) is 0 Å². The molecule has 0 aromatic carbocycles. The van der Waals surface area contributed by atoms with Crippen LogP contribution in [0.25, 0.3) is 0 Å². The third-order valence-electron chi connectivity index (χ3n) is 4.05. The summed E-state index contributed by atoms with van der Waals surface area (Å²) in [6.45, 7) is 12.8. The smallest absolute Gasteiger partial charge is 0.330 e. The van der Waals surface area contributed by atoms with Crippen LogP contribution >= 0.6 is 0 Å². The van der Waals surface area contributed by atoms with Crippen molar-refractivity contribution in [2.45, 2.75) is 105 Å². The van der Waals surface area contributed by atoms with Crippen LogP contribution in [0.5, 0.6) is 0 Å². The van der Waals surface area contributed by atoms with Gasteiger partial charge in [-0.2, -0.15) is 0 Å². The molecule has 8 heteroatoms. The van der Waals surface area contributed by atoms with Gasteiger partial charge in [0.1, 0.15) is 12.3 Å². The SMILES string of the molecule is CCCC.CCCC.CCCC.O=c1ccn([C@H]2C[C@H](O)[C@@H](CO)O2)c(=O)[nH]1.[Sn]. The molecule has 0 bridgehead atoms. The molecule has 29 heavy (non-hydrogen) atoms. The van der Waals surface area contributed by atoms with Gasteiger partial charge >= 0.3 is 5.69 Å². The Hall–Kier alpha value is -0.641. The molecule has 0 aliphatic carbocycles. The molecule has 0 amide bonds. The summed E-state index contributed by atoms with van der Waals surface area (Å²) in [4.78, 5) is 24.3. The predicted octanol–water partition coefficient (Wildman–Crippen LogP) is 3.22. The second-order valence-corrected chi connectivity index (χ2v) is 6.63. The number of nitrogens with one attached hydrogen (secondary N) is 1. The van der Waals surface area contributed by atoms with Crippen molar-refractivity contribution in [1.82, 2.24) is 9.55 Å². The molecule has 1 aliphatic heterocycles. The largest absolute Gasteiger partial charge is 0.394 e. The predicted molar refractivity (Wildman–Crippen MR) is 120 cm³/mol. The second kappa shape index (κ2) is 22.1. The maximum atomic E-state index is 11.4. The van der Waals surface area contributed by atoms with Crippen molar-refractivity contribution in [1.29, 1.82) is 0 Å². The molecular weight excluding hydrogens is 479 g/mol. The third kappa shape index (κ3) is 15.8. The van der Waals surface area contributed by atoms with E-state index < -0.39 is 29.7 Å². The number of ether oxygens (including phenoxy) is 1. The van der Waals surface area contributed by atoms with Crippen molar-refractivity contribution in [3.8, 4) is 0 Å². The summed E-state index contributed by atoms with van der Waals surface area (Å²) in [5, 5.41) is 18.4. The fraction of sp³-hybridized carbons (Fsp3) is 0.810. The molecule has 1 aliphatic rings. The number of hydrogen-bond donors (Lipinski definition) is 3. The molecule has 0 saturated carbocycles. The maximum absolute atomic E-state index is 11.4. The molecule has 1 saturated heterocycles. The van der Waals surface area contributed by atoms with Gasteiger partial charge in [0.15, 0.2) is 0 Å². The Morgan fingerprint density at radius 1 is 1.00 bits per heavy atom. The van der Waals surface area contributed by atoms with E-state index in [9.17, 15) is 14.7 Å². The first kappa shape index (κ1) is 33.0. The van der Waals surface area contributed by atoms with E-state index >= 15 is 0 Å². The summed E-state index contributed by atoms with van der Waals surface area (Å²) in [5.74, 6) is 0. The van der Waals surface area contributed by atoms with Crippen LogP contribution in [0.1, 0.15) is 92.7 Å². The minimum atomic E-state index is -0.811. The van der Waals surface area contributed by atoms with Gasteiger partial charge in [0.2, 0.25) is 0 Å². The number of aromatic amines is 1. The summed E-state index contributed by atoms with van der Waals surface area (Å²) < 4.78 is 6.45. The van der Waals surface area contributed by atoms with E-state index in [4.69, 9.17) is 9.84 Å². The molecule has 2 rings (SSSR count). The van der Waals surface area contributed by atoms with Crippen molar-refractivity contribution in [3.05, 3.63) is 33.1 Å². The number of aromatic nitrogens is 2. The molecule has 0 unspecified atom stereocenters. The van der Waals surface area contributed by atoms with Gasteiger partial charge in [-0.05, 0) is 0 Å². The Labute approximate surface area is 192 Å². The normalized spacial score (nSPS) is 19.4. The van der Waals surface area contributed by atoms with E-state index in [1.807, 2.05) is 0 Å². The zero-order valence-electron chi connectivity index (χ0n) is 19.1. The van der Waals surface area contributed by atoms with Crippen LogP contribution in [-0.4, -0.2) is 62.5 Å². The summed E-state index contributed by atoms with van der Waals surface area (Å²) in [6.07, 6.45) is 7.27. The quantitative estimate of drug-likeness (QED) is 0.517. The standard InChI is InChI=1S/C9H12N2O5.3C4H10.Sn/c12-4-6-5(13)3-8(16-6)11-2-1-7(14)10-9(11)15;3*1-3-4-2;/h1-2,5-6,8,12-13H,3-4H2,(H,10,14,15);3*3-4H2,1-2H3;/t5-,6+,8+;;;;/m0..../s1. The van der Waals surface area contributed by atoms with Crippen molar-refractivity contribution in [3.63, 3.8) is 0 Å². The summed E-state index contributed by atoms with van der Waals surface area (Å²) >= 11 is 0. The molecule has 4 radical (unpaired) electrons. The first-order chi connectivity index (χ1) is 13.4. The Balaban J connectivity index is -0.000000434. The first-order valence-corrected chi connectivity index (χ1v) is 10.6. The number of aliphatic hydroxyl groups is 2. The van der Waals surface area contributed by atoms with E-state index in [0.29, 0.717) is 0 Å². The van der Waals surface area contributed by atoms with Gasteiger partial charge in [-0.3, -0.25) is 14.3 Å². The second-order valence-electron chi connectivity index (χ2n) is 6.63. The first-order valence-electron chi connectivity index (χ1n) is 10.6. The van der Waals surface area contributed by atoms with E-state index in [-0.39, 0.29) is 36.9 Å². The minimum absolute atomic E-state index is 0. The van der Waals surface area contributed by atoms with E-state index in [0.717, 1.165) is 0 Å². The molecule has 3 N–H and O–H groups in total. The van der Waals surface area contributed by atoms with Gasteiger partial charge in [0.05, 0.1) is 12.7 Å². The molecule has 1 aromatic heterocycles. The van der Waals surface area contributed by atoms with Crippen LogP contribution in [-0.2, 0) is 4.74 Å². The van der Waals surface area contributed by atoms with Crippen LogP contribution in [0.15, 0.2) is 21.9 Å². The monoisotopic (exact) mass is 522 g/mol. The molecule has 1 aromatic rings. The average molecular weight is 521 g/mol. The number of H-pyrrole nitrogens is 1. The zero-order chi connectivity index (χ0) is 21.9. The van der Waals surface area contributed by atoms with E-state index in [2.05, 4.69) is 46.5 Å². The molecule has 170 valence electrons. The van der Waals surface area contributed by atoms with Gasteiger partial charge in [-0.15, -0.1) is 0 Å². The fourth-order valence-corrected chi connectivity index (χ4v) is 1.70. The minimum Gasteiger partial charge on any atom is -0.394 e. The van der Waals surface area contributed by atoms with Gasteiger partial charge in [0.25, 0.3) is 5.56 Å². The Morgan fingerprint density at radius 3 is 1.76 bits per heavy atom. The van der Waals surface area contributed by atoms with Crippen molar-refractivity contribution in [2.24, 2.45) is 0 Å². The van der Waals surface area contributed by atoms with Crippen LogP contribution < -0.4 is 11.2 Å². The van der Waals surface area contributed by atoms with Crippen LogP contribution in [0.4, 0.5) is 0 Å². The van der Waals surface area contributed by atoms with E-state index in [1.165, 1.54) is 55.4 Å². The summed E-state index contributed by atoms with van der Waals surface area (Å²) in [6, 6.07) is 1.20. The fourth-order valence-electron chi connectivity index (χ4n) is 1.70. The Morgan fingerprint density at radius 2 is 1.45 bits per heavy atom. The number of aliphatic hydroxyl groups excluding tert-OH is 2. The van der Waals surface area contributed by atoms with Gasteiger partial charge in [0, 0.05) is 42.6 Å².